The van der Waals surface area contributed by atoms with Crippen molar-refractivity contribution in [1.82, 2.24) is 0 Å². The predicted octanol–water partition coefficient (Wildman–Crippen LogP) is 11.5. The summed E-state index contributed by atoms with van der Waals surface area (Å²) in [4.78, 5) is 0. The first kappa shape index (κ1) is 12.4. The first-order valence-electron chi connectivity index (χ1n) is 20.4. The minimum absolute atomic E-state index is 0.0703. The number of fused-ring (bicyclic) bond motifs is 8. The van der Waals surface area contributed by atoms with Gasteiger partial charge in [0.2, 0.25) is 0 Å². The van der Waals surface area contributed by atoms with E-state index in [1.165, 1.54) is 0 Å². The smallest absolute Gasteiger partial charge is 0.135 e. The summed E-state index contributed by atoms with van der Waals surface area (Å²) < 4.78 is 139. The summed E-state index contributed by atoms with van der Waals surface area (Å²) >= 11 is 0. The van der Waals surface area contributed by atoms with Crippen LogP contribution >= 0.6 is 0 Å². The SMILES string of the molecule is [2H]c1c([2H])c([2H])c2c(oc3c([2H])c([2H])c(-c4c5c([2H])c([2H])c([2H])c([2H])c5c(-c5ccc6c(ccc7ccccc76)c5)c5c([2H])c([2H])c([2H])c([2H])c45)c([2H])c32)c1[2H]. The third-order valence-electron chi connectivity index (χ3n) is 7.54. The predicted molar refractivity (Wildman–Crippen MR) is 175 cm³/mol. The molecule has 0 bridgehead atoms. The van der Waals surface area contributed by atoms with Gasteiger partial charge in [-0.25, -0.2) is 0 Å². The van der Waals surface area contributed by atoms with Crippen molar-refractivity contribution in [2.75, 3.05) is 0 Å². The largest absolute Gasteiger partial charge is 0.456 e. The first-order valence-corrected chi connectivity index (χ1v) is 12.9. The van der Waals surface area contributed by atoms with E-state index in [9.17, 15) is 8.22 Å². The van der Waals surface area contributed by atoms with E-state index in [0.717, 1.165) is 21.5 Å². The number of hydrogen-bond acceptors (Lipinski definition) is 1. The third kappa shape index (κ3) is 3.30. The molecule has 0 saturated heterocycles. The second-order valence-corrected chi connectivity index (χ2v) is 9.73. The normalized spacial score (nSPS) is 17.0. The van der Waals surface area contributed by atoms with Gasteiger partial charge in [-0.1, -0.05) is 121 Å². The molecule has 0 aliphatic rings. The van der Waals surface area contributed by atoms with Gasteiger partial charge in [0.1, 0.15) is 11.2 Å². The van der Waals surface area contributed by atoms with Crippen molar-refractivity contribution in [2.24, 2.45) is 0 Å². The van der Waals surface area contributed by atoms with Crippen LogP contribution in [0.1, 0.15) is 20.6 Å². The number of benzene rings is 8. The van der Waals surface area contributed by atoms with Gasteiger partial charge in [-0.05, 0) is 89.5 Å². The maximum atomic E-state index is 9.57. The van der Waals surface area contributed by atoms with Gasteiger partial charge in [-0.15, -0.1) is 0 Å². The molecule has 0 N–H and O–H groups in total. The lowest BCUT2D eigenvalue weighted by molar-refractivity contribution is 0.669. The third-order valence-corrected chi connectivity index (χ3v) is 7.54. The van der Waals surface area contributed by atoms with Crippen LogP contribution in [0.15, 0.2) is 150 Å². The Morgan fingerprint density at radius 3 is 1.76 bits per heavy atom. The lowest BCUT2D eigenvalue weighted by Gasteiger charge is -2.18. The first-order chi connectivity index (χ1) is 26.6. The van der Waals surface area contributed by atoms with Gasteiger partial charge in [0.25, 0.3) is 0 Å². The van der Waals surface area contributed by atoms with Crippen molar-refractivity contribution in [1.29, 1.82) is 0 Å². The average molecular weight is 536 g/mol. The monoisotopic (exact) mass is 535 g/mol. The van der Waals surface area contributed by atoms with Crippen molar-refractivity contribution in [3.8, 4) is 22.3 Å². The van der Waals surface area contributed by atoms with Gasteiger partial charge in [0, 0.05) is 10.8 Å². The van der Waals surface area contributed by atoms with Crippen LogP contribution in [0.4, 0.5) is 0 Å². The second-order valence-electron chi connectivity index (χ2n) is 9.73. The Kier molecular flexibility index (Phi) is 2.59. The van der Waals surface area contributed by atoms with Crippen molar-refractivity contribution >= 4 is 65.0 Å². The molecule has 9 aromatic rings. The molecule has 9 rings (SSSR count). The van der Waals surface area contributed by atoms with Crippen molar-refractivity contribution < 1.29 is 25.0 Å². The topological polar surface area (TPSA) is 13.1 Å². The fourth-order valence-electron chi connectivity index (χ4n) is 5.76. The Labute approximate surface area is 258 Å². The van der Waals surface area contributed by atoms with E-state index in [1.807, 2.05) is 42.5 Å². The molecule has 1 nitrogen and oxygen atoms in total. The summed E-state index contributed by atoms with van der Waals surface area (Å²) in [6, 6.07) is 7.61. The highest BCUT2D eigenvalue weighted by molar-refractivity contribution is 6.22. The Morgan fingerprint density at radius 2 is 1.00 bits per heavy atom. The van der Waals surface area contributed by atoms with Gasteiger partial charge in [-0.3, -0.25) is 0 Å². The zero-order valence-corrected chi connectivity index (χ0v) is 21.1. The van der Waals surface area contributed by atoms with E-state index >= 15 is 0 Å². The summed E-state index contributed by atoms with van der Waals surface area (Å²) in [5.41, 5.74) is -1.08. The van der Waals surface area contributed by atoms with Crippen LogP contribution in [0.5, 0.6) is 0 Å². The standard InChI is InChI=1S/C40H24O/c1-2-10-29-25(9-1)17-18-26-23-27(19-21-30(26)29)39-32-12-3-5-14-34(32)40(35-15-6-4-13-33(35)39)28-20-22-38-36(24-28)31-11-7-8-16-37(31)41-38/h1-24H/i3D,4D,5D,6D,7D,8D,11D,12D,13D,14D,15D,16D,20D,22D,24D. The van der Waals surface area contributed by atoms with E-state index in [4.69, 9.17) is 16.8 Å². The number of hydrogen-bond donors (Lipinski definition) is 0. The molecular formula is C40H24O. The van der Waals surface area contributed by atoms with E-state index in [-0.39, 0.29) is 54.6 Å². The minimum atomic E-state index is -0.690. The van der Waals surface area contributed by atoms with Crippen LogP contribution in [-0.2, 0) is 0 Å². The molecule has 0 spiro atoms. The molecule has 0 atom stereocenters. The molecule has 0 aliphatic heterocycles. The molecule has 41 heavy (non-hydrogen) atoms. The quantitative estimate of drug-likeness (QED) is 0.158. The molecule has 0 unspecified atom stereocenters. The second kappa shape index (κ2) is 8.55. The summed E-state index contributed by atoms with van der Waals surface area (Å²) in [6.07, 6.45) is 0. The summed E-state index contributed by atoms with van der Waals surface area (Å²) in [5, 5.41) is 2.22. The van der Waals surface area contributed by atoms with Crippen molar-refractivity contribution in [2.45, 2.75) is 0 Å². The van der Waals surface area contributed by atoms with Crippen molar-refractivity contribution in [3.05, 3.63) is 145 Å². The highest BCUT2D eigenvalue weighted by Gasteiger charge is 2.18. The van der Waals surface area contributed by atoms with Gasteiger partial charge < -0.3 is 4.42 Å². The van der Waals surface area contributed by atoms with Gasteiger partial charge in [-0.2, -0.15) is 0 Å². The fraction of sp³-hybridized carbons (Fsp3) is 0. The van der Waals surface area contributed by atoms with Crippen LogP contribution in [0.2, 0.25) is 0 Å². The Bertz CT molecular complexity index is 3230. The number of rotatable bonds is 2. The Balaban J connectivity index is 1.56. The van der Waals surface area contributed by atoms with Crippen LogP contribution in [0, 0.1) is 0 Å². The molecule has 0 radical (unpaired) electrons. The lowest BCUT2D eigenvalue weighted by Crippen LogP contribution is -1.91. The summed E-state index contributed by atoms with van der Waals surface area (Å²) in [6.45, 7) is 0. The molecular weight excluding hydrogens is 496 g/mol. The molecule has 0 fully saturated rings. The van der Waals surface area contributed by atoms with E-state index in [0.29, 0.717) is 5.56 Å². The number of para-hydroxylation sites is 1. The van der Waals surface area contributed by atoms with E-state index < -0.39 is 96.2 Å². The van der Waals surface area contributed by atoms with E-state index in [1.54, 1.807) is 12.1 Å². The maximum Gasteiger partial charge on any atom is 0.135 e. The molecule has 1 aromatic heterocycles. The zero-order valence-electron chi connectivity index (χ0n) is 36.1. The van der Waals surface area contributed by atoms with Crippen LogP contribution < -0.4 is 0 Å². The van der Waals surface area contributed by atoms with Gasteiger partial charge >= 0.3 is 0 Å². The Hall–Kier alpha value is -5.40. The molecule has 1 heterocycles. The molecule has 0 amide bonds. The van der Waals surface area contributed by atoms with Crippen LogP contribution in [-0.4, -0.2) is 0 Å². The molecule has 8 aromatic carbocycles. The minimum Gasteiger partial charge on any atom is -0.456 e. The van der Waals surface area contributed by atoms with Gasteiger partial charge in [0.05, 0.1) is 20.6 Å². The number of furan rings is 1. The van der Waals surface area contributed by atoms with Crippen LogP contribution in [0.3, 0.4) is 0 Å². The average Bonchev–Trinajstić information content (AvgIpc) is 3.61. The van der Waals surface area contributed by atoms with Crippen LogP contribution in [0.25, 0.3) is 87.3 Å². The molecule has 190 valence electrons. The van der Waals surface area contributed by atoms with Gasteiger partial charge in [0.15, 0.2) is 0 Å². The molecule has 0 aliphatic carbocycles. The fourth-order valence-corrected chi connectivity index (χ4v) is 5.76. The summed E-state index contributed by atoms with van der Waals surface area (Å²) in [5.74, 6) is 0. The highest BCUT2D eigenvalue weighted by Crippen LogP contribution is 2.45. The maximum absolute atomic E-state index is 9.57. The van der Waals surface area contributed by atoms with Crippen molar-refractivity contribution in [3.63, 3.8) is 0 Å². The zero-order chi connectivity index (χ0) is 40.0. The lowest BCUT2D eigenvalue weighted by atomic mass is 9.85. The summed E-state index contributed by atoms with van der Waals surface area (Å²) in [7, 11) is 0. The molecule has 1 heteroatoms. The van der Waals surface area contributed by atoms with E-state index in [2.05, 4.69) is 0 Å². The highest BCUT2D eigenvalue weighted by atomic mass is 16.3. The Morgan fingerprint density at radius 1 is 0.415 bits per heavy atom. The molecule has 0 saturated carbocycles.